The molecule has 0 aliphatic heterocycles. The van der Waals surface area contributed by atoms with Gasteiger partial charge in [0.2, 0.25) is 5.91 Å². The van der Waals surface area contributed by atoms with Gasteiger partial charge < -0.3 is 10.6 Å². The van der Waals surface area contributed by atoms with E-state index in [4.69, 9.17) is 5.26 Å². The van der Waals surface area contributed by atoms with Gasteiger partial charge in [0.25, 0.3) is 0 Å². The molecular weight excluding hydrogens is 426 g/mol. The molecule has 4 rings (SSSR count). The number of anilines is 1. The Morgan fingerprint density at radius 3 is 2.50 bits per heavy atom. The van der Waals surface area contributed by atoms with E-state index in [1.807, 2.05) is 67.6 Å². The summed E-state index contributed by atoms with van der Waals surface area (Å²) in [4.78, 5) is 21.6. The molecule has 8 nitrogen and oxygen atoms in total. The summed E-state index contributed by atoms with van der Waals surface area (Å²) >= 11 is 0. The van der Waals surface area contributed by atoms with Crippen molar-refractivity contribution in [2.75, 3.05) is 18.4 Å². The van der Waals surface area contributed by atoms with Crippen LogP contribution >= 0.6 is 0 Å². The highest BCUT2D eigenvalue weighted by atomic mass is 16.2. The fourth-order valence-corrected chi connectivity index (χ4v) is 3.55. The van der Waals surface area contributed by atoms with Gasteiger partial charge in [0, 0.05) is 6.54 Å². The molecule has 2 aromatic heterocycles. The largest absolute Gasteiger partial charge is 0.315 e. The molecule has 0 aliphatic rings. The molecular formula is C26H25N7O. The smallest absolute Gasteiger partial charge is 0.234 e. The predicted molar refractivity (Wildman–Crippen MR) is 129 cm³/mol. The molecule has 34 heavy (non-hydrogen) atoms. The first kappa shape index (κ1) is 22.8. The first-order valence-corrected chi connectivity index (χ1v) is 11.0. The molecule has 2 N–H and O–H groups in total. The lowest BCUT2D eigenvalue weighted by atomic mass is 9.98. The first-order chi connectivity index (χ1) is 16.6. The van der Waals surface area contributed by atoms with E-state index in [1.165, 1.54) is 0 Å². The molecule has 8 heteroatoms. The molecule has 4 aromatic rings. The summed E-state index contributed by atoms with van der Waals surface area (Å²) in [6.07, 6.45) is 4.08. The van der Waals surface area contributed by atoms with Crippen LogP contribution in [0.1, 0.15) is 28.4 Å². The Bertz CT molecular complexity index is 1260. The highest BCUT2D eigenvalue weighted by Gasteiger charge is 2.20. The van der Waals surface area contributed by atoms with Gasteiger partial charge in [0.15, 0.2) is 0 Å². The number of aryl methyl sites for hydroxylation is 1. The summed E-state index contributed by atoms with van der Waals surface area (Å²) in [5.41, 5.74) is 3.48. The second-order valence-corrected chi connectivity index (χ2v) is 7.85. The van der Waals surface area contributed by atoms with E-state index >= 15 is 0 Å². The fraction of sp³-hybridized carbons (Fsp3) is 0.192. The number of pyridine rings is 1. The van der Waals surface area contributed by atoms with Crippen LogP contribution in [-0.2, 0) is 11.2 Å². The van der Waals surface area contributed by atoms with E-state index < -0.39 is 0 Å². The highest BCUT2D eigenvalue weighted by molar-refractivity contribution is 5.95. The topological polar surface area (TPSA) is 109 Å². The molecule has 1 unspecified atom stereocenters. The SMILES string of the molecule is Cc1ncn(-c2ccc(NC(=O)C(CNCCc3ccc(C#N)cc3)c3ccccc3)nc2)n1. The van der Waals surface area contributed by atoms with Gasteiger partial charge in [-0.1, -0.05) is 42.5 Å². The molecule has 0 fully saturated rings. The molecule has 0 spiro atoms. The van der Waals surface area contributed by atoms with Gasteiger partial charge in [-0.05, 0) is 55.3 Å². The number of benzene rings is 2. The number of nitrogens with zero attached hydrogens (tertiary/aromatic N) is 5. The van der Waals surface area contributed by atoms with Crippen LogP contribution in [0.5, 0.6) is 0 Å². The Labute approximate surface area is 198 Å². The minimum Gasteiger partial charge on any atom is -0.315 e. The number of hydrogen-bond donors (Lipinski definition) is 2. The van der Waals surface area contributed by atoms with Crippen molar-refractivity contribution in [2.45, 2.75) is 19.3 Å². The van der Waals surface area contributed by atoms with Crippen LogP contribution < -0.4 is 10.6 Å². The summed E-state index contributed by atoms with van der Waals surface area (Å²) in [5, 5.41) is 19.5. The number of hydrogen-bond acceptors (Lipinski definition) is 6. The Balaban J connectivity index is 1.38. The lowest BCUT2D eigenvalue weighted by molar-refractivity contribution is -0.117. The van der Waals surface area contributed by atoms with Crippen LogP contribution in [0.15, 0.2) is 79.3 Å². The zero-order chi connectivity index (χ0) is 23.8. The molecule has 1 amide bonds. The second-order valence-electron chi connectivity index (χ2n) is 7.85. The van der Waals surface area contributed by atoms with E-state index in [0.29, 0.717) is 30.3 Å². The Hall–Kier alpha value is -4.35. The van der Waals surface area contributed by atoms with Crippen molar-refractivity contribution in [1.29, 1.82) is 5.26 Å². The Morgan fingerprint density at radius 2 is 1.85 bits per heavy atom. The summed E-state index contributed by atoms with van der Waals surface area (Å²) in [5.74, 6) is 0.648. The predicted octanol–water partition coefficient (Wildman–Crippen LogP) is 3.40. The maximum Gasteiger partial charge on any atom is 0.234 e. The minimum absolute atomic E-state index is 0.131. The van der Waals surface area contributed by atoms with Crippen LogP contribution in [0.4, 0.5) is 5.82 Å². The summed E-state index contributed by atoms with van der Waals surface area (Å²) in [7, 11) is 0. The number of carbonyl (C=O) groups excluding carboxylic acids is 1. The van der Waals surface area contributed by atoms with Gasteiger partial charge >= 0.3 is 0 Å². The van der Waals surface area contributed by atoms with E-state index in [9.17, 15) is 4.79 Å². The van der Waals surface area contributed by atoms with Crippen molar-refractivity contribution in [3.63, 3.8) is 0 Å². The fourth-order valence-electron chi connectivity index (χ4n) is 3.55. The zero-order valence-electron chi connectivity index (χ0n) is 18.8. The lowest BCUT2D eigenvalue weighted by Gasteiger charge is -2.18. The quantitative estimate of drug-likeness (QED) is 0.378. The molecule has 1 atom stereocenters. The van der Waals surface area contributed by atoms with Crippen LogP contribution in [0.3, 0.4) is 0 Å². The number of nitriles is 1. The Kier molecular flexibility index (Phi) is 7.38. The van der Waals surface area contributed by atoms with E-state index in [0.717, 1.165) is 23.2 Å². The molecule has 2 heterocycles. The van der Waals surface area contributed by atoms with Gasteiger partial charge in [-0.25, -0.2) is 14.6 Å². The third-order valence-electron chi connectivity index (χ3n) is 5.41. The lowest BCUT2D eigenvalue weighted by Crippen LogP contribution is -2.32. The van der Waals surface area contributed by atoms with Crippen molar-refractivity contribution in [1.82, 2.24) is 25.1 Å². The molecule has 0 saturated carbocycles. The average Bonchev–Trinajstić information content (AvgIpc) is 3.31. The third kappa shape index (κ3) is 5.91. The Morgan fingerprint density at radius 1 is 1.06 bits per heavy atom. The number of amides is 1. The van der Waals surface area contributed by atoms with Crippen molar-refractivity contribution < 1.29 is 4.79 Å². The third-order valence-corrected chi connectivity index (χ3v) is 5.41. The van der Waals surface area contributed by atoms with Gasteiger partial charge in [-0.2, -0.15) is 10.4 Å². The van der Waals surface area contributed by atoms with E-state index in [1.54, 1.807) is 23.3 Å². The average molecular weight is 452 g/mol. The van der Waals surface area contributed by atoms with E-state index in [-0.39, 0.29) is 11.8 Å². The molecule has 0 bridgehead atoms. The molecule has 0 aliphatic carbocycles. The second kappa shape index (κ2) is 11.0. The highest BCUT2D eigenvalue weighted by Crippen LogP contribution is 2.18. The summed E-state index contributed by atoms with van der Waals surface area (Å²) in [6, 6.07) is 23.0. The van der Waals surface area contributed by atoms with Gasteiger partial charge in [-0.3, -0.25) is 4.79 Å². The first-order valence-electron chi connectivity index (χ1n) is 11.0. The van der Waals surface area contributed by atoms with Crippen molar-refractivity contribution in [3.8, 4) is 11.8 Å². The molecule has 170 valence electrons. The number of rotatable bonds is 9. The monoisotopic (exact) mass is 451 g/mol. The minimum atomic E-state index is -0.374. The van der Waals surface area contributed by atoms with Crippen molar-refractivity contribution in [2.24, 2.45) is 0 Å². The summed E-state index contributed by atoms with van der Waals surface area (Å²) < 4.78 is 1.64. The van der Waals surface area contributed by atoms with Crippen molar-refractivity contribution in [3.05, 3.63) is 102 Å². The summed E-state index contributed by atoms with van der Waals surface area (Å²) in [6.45, 7) is 3.02. The maximum atomic E-state index is 13.2. The maximum absolute atomic E-state index is 13.2. The normalized spacial score (nSPS) is 11.5. The van der Waals surface area contributed by atoms with Crippen LogP contribution in [0, 0.1) is 18.3 Å². The molecule has 2 aromatic carbocycles. The molecule has 0 saturated heterocycles. The van der Waals surface area contributed by atoms with Crippen molar-refractivity contribution >= 4 is 11.7 Å². The zero-order valence-corrected chi connectivity index (χ0v) is 18.8. The van der Waals surface area contributed by atoms with Crippen LogP contribution in [-0.4, -0.2) is 38.7 Å². The van der Waals surface area contributed by atoms with Gasteiger partial charge in [-0.15, -0.1) is 0 Å². The van der Waals surface area contributed by atoms with Gasteiger partial charge in [0.1, 0.15) is 18.0 Å². The number of nitrogens with one attached hydrogen (secondary N) is 2. The van der Waals surface area contributed by atoms with Gasteiger partial charge in [0.05, 0.1) is 29.4 Å². The molecule has 0 radical (unpaired) electrons. The van der Waals surface area contributed by atoms with Crippen LogP contribution in [0.2, 0.25) is 0 Å². The number of carbonyl (C=O) groups is 1. The van der Waals surface area contributed by atoms with E-state index in [2.05, 4.69) is 31.8 Å². The standard InChI is InChI=1S/C26H25N7O/c1-19-30-18-33(32-19)23-11-12-25(29-16-23)31-26(34)24(22-5-3-2-4-6-22)17-28-14-13-20-7-9-21(15-27)10-8-20/h2-12,16,18,24,28H,13-14,17H2,1H3,(H,29,31,34). The number of aromatic nitrogens is 4. The van der Waals surface area contributed by atoms with Crippen LogP contribution in [0.25, 0.3) is 5.69 Å².